The number of rotatable bonds is 2. The number of nitrogens with one attached hydrogen (secondary N) is 1. The van der Waals surface area contributed by atoms with E-state index in [4.69, 9.17) is 4.42 Å². The van der Waals surface area contributed by atoms with Crippen molar-refractivity contribution in [1.29, 1.82) is 0 Å². The summed E-state index contributed by atoms with van der Waals surface area (Å²) in [4.78, 5) is 29.7. The molecule has 0 saturated heterocycles. The Morgan fingerprint density at radius 3 is 2.88 bits per heavy atom. The summed E-state index contributed by atoms with van der Waals surface area (Å²) in [6.07, 6.45) is 1.25. The standard InChI is InChI=1S/C18H16N2O3S/c1-18(2)8-11-15(12(21)9-18)24-17(19-11)20-16(22)14-7-10-5-3-4-6-13(10)23-14/h3-7H,8-9H2,1-2H3,(H,19,20,22). The number of para-hydroxylation sites is 1. The van der Waals surface area contributed by atoms with Gasteiger partial charge in [-0.1, -0.05) is 43.4 Å². The zero-order valence-electron chi connectivity index (χ0n) is 13.4. The predicted octanol–water partition coefficient (Wildman–Crippen LogP) is 4.30. The minimum atomic E-state index is -0.357. The SMILES string of the molecule is CC1(C)CC(=O)c2sc(NC(=O)c3cc4ccccc4o3)nc2C1. The minimum absolute atomic E-state index is 0.0851. The quantitative estimate of drug-likeness (QED) is 0.755. The van der Waals surface area contributed by atoms with E-state index in [0.29, 0.717) is 22.0 Å². The number of benzene rings is 1. The minimum Gasteiger partial charge on any atom is -0.451 e. The van der Waals surface area contributed by atoms with Crippen molar-refractivity contribution in [3.05, 3.63) is 46.7 Å². The molecule has 3 aromatic rings. The Kier molecular flexibility index (Phi) is 3.31. The van der Waals surface area contributed by atoms with Gasteiger partial charge in [0.05, 0.1) is 10.6 Å². The lowest BCUT2D eigenvalue weighted by atomic mass is 9.78. The number of carbonyl (C=O) groups excluding carboxylic acids is 2. The summed E-state index contributed by atoms with van der Waals surface area (Å²) in [5.41, 5.74) is 1.36. The molecule has 122 valence electrons. The largest absolute Gasteiger partial charge is 0.451 e. The van der Waals surface area contributed by atoms with Crippen LogP contribution in [0.1, 0.15) is 46.2 Å². The second kappa shape index (κ2) is 5.27. The van der Waals surface area contributed by atoms with Crippen molar-refractivity contribution in [2.24, 2.45) is 5.41 Å². The van der Waals surface area contributed by atoms with Gasteiger partial charge in [0.1, 0.15) is 5.58 Å². The summed E-state index contributed by atoms with van der Waals surface area (Å²) in [5, 5.41) is 4.06. The number of nitrogens with zero attached hydrogens (tertiary/aromatic N) is 1. The number of hydrogen-bond acceptors (Lipinski definition) is 5. The number of amides is 1. The maximum atomic E-state index is 12.4. The second-order valence-corrected chi connectivity index (χ2v) is 7.84. The average Bonchev–Trinajstić information content (AvgIpc) is 3.09. The number of ketones is 1. The molecule has 0 bridgehead atoms. The van der Waals surface area contributed by atoms with E-state index < -0.39 is 0 Å². The smallest absolute Gasteiger partial charge is 0.293 e. The van der Waals surface area contributed by atoms with Crippen LogP contribution in [-0.4, -0.2) is 16.7 Å². The second-order valence-electron chi connectivity index (χ2n) is 6.84. The van der Waals surface area contributed by atoms with Crippen LogP contribution in [0.5, 0.6) is 0 Å². The summed E-state index contributed by atoms with van der Waals surface area (Å²) >= 11 is 1.24. The molecule has 1 amide bonds. The molecule has 5 nitrogen and oxygen atoms in total. The van der Waals surface area contributed by atoms with E-state index in [9.17, 15) is 9.59 Å². The van der Waals surface area contributed by atoms with Crippen molar-refractivity contribution in [1.82, 2.24) is 4.98 Å². The van der Waals surface area contributed by atoms with Crippen LogP contribution in [0, 0.1) is 5.41 Å². The van der Waals surface area contributed by atoms with Gasteiger partial charge >= 0.3 is 0 Å². The van der Waals surface area contributed by atoms with Crippen LogP contribution in [0.2, 0.25) is 0 Å². The van der Waals surface area contributed by atoms with Gasteiger partial charge in [0.15, 0.2) is 16.7 Å². The fourth-order valence-electron chi connectivity index (χ4n) is 3.03. The maximum Gasteiger partial charge on any atom is 0.293 e. The third-order valence-electron chi connectivity index (χ3n) is 4.11. The number of carbonyl (C=O) groups is 2. The van der Waals surface area contributed by atoms with Gasteiger partial charge in [-0.25, -0.2) is 4.98 Å². The molecule has 0 aliphatic heterocycles. The van der Waals surface area contributed by atoms with E-state index in [0.717, 1.165) is 17.5 Å². The Balaban J connectivity index is 1.60. The Morgan fingerprint density at radius 1 is 1.29 bits per heavy atom. The highest BCUT2D eigenvalue weighted by molar-refractivity contribution is 7.17. The molecule has 1 aromatic carbocycles. The first-order valence-corrected chi connectivity index (χ1v) is 8.56. The molecule has 0 fully saturated rings. The summed E-state index contributed by atoms with van der Waals surface area (Å²) < 4.78 is 5.56. The lowest BCUT2D eigenvalue weighted by Crippen LogP contribution is -2.26. The van der Waals surface area contributed by atoms with Gasteiger partial charge in [0, 0.05) is 11.8 Å². The van der Waals surface area contributed by atoms with Crippen LogP contribution in [0.25, 0.3) is 11.0 Å². The van der Waals surface area contributed by atoms with E-state index >= 15 is 0 Å². The molecule has 1 aliphatic carbocycles. The Labute approximate surface area is 142 Å². The molecule has 1 N–H and O–H groups in total. The van der Waals surface area contributed by atoms with Crippen LogP contribution >= 0.6 is 11.3 Å². The van der Waals surface area contributed by atoms with Gasteiger partial charge in [-0.15, -0.1) is 0 Å². The van der Waals surface area contributed by atoms with E-state index in [1.165, 1.54) is 11.3 Å². The first kappa shape index (κ1) is 15.1. The number of aromatic nitrogens is 1. The van der Waals surface area contributed by atoms with Crippen LogP contribution in [-0.2, 0) is 6.42 Å². The Morgan fingerprint density at radius 2 is 2.08 bits per heavy atom. The summed E-state index contributed by atoms with van der Waals surface area (Å²) in [7, 11) is 0. The highest BCUT2D eigenvalue weighted by Gasteiger charge is 2.34. The number of furan rings is 1. The Hall–Kier alpha value is -2.47. The molecule has 2 aromatic heterocycles. The molecule has 0 saturated carbocycles. The number of anilines is 1. The molecule has 0 radical (unpaired) electrons. The van der Waals surface area contributed by atoms with Gasteiger partial charge in [0.25, 0.3) is 5.91 Å². The lowest BCUT2D eigenvalue weighted by molar-refractivity contribution is 0.0915. The maximum absolute atomic E-state index is 12.4. The summed E-state index contributed by atoms with van der Waals surface area (Å²) in [6, 6.07) is 9.15. The highest BCUT2D eigenvalue weighted by Crippen LogP contribution is 2.38. The number of Topliss-reactive ketones (excluding diaryl/α,β-unsaturated/α-hetero) is 1. The normalized spacial score (nSPS) is 16.2. The van der Waals surface area contributed by atoms with Gasteiger partial charge in [-0.05, 0) is 24.0 Å². The topological polar surface area (TPSA) is 72.2 Å². The molecular weight excluding hydrogens is 324 g/mol. The lowest BCUT2D eigenvalue weighted by Gasteiger charge is -2.26. The monoisotopic (exact) mass is 340 g/mol. The fraction of sp³-hybridized carbons (Fsp3) is 0.278. The Bertz CT molecular complexity index is 935. The van der Waals surface area contributed by atoms with Gasteiger partial charge in [0.2, 0.25) is 0 Å². The van der Waals surface area contributed by atoms with Gasteiger partial charge in [-0.3, -0.25) is 14.9 Å². The molecule has 24 heavy (non-hydrogen) atoms. The van der Waals surface area contributed by atoms with Crippen molar-refractivity contribution >= 4 is 39.1 Å². The van der Waals surface area contributed by atoms with Gasteiger partial charge < -0.3 is 4.42 Å². The number of thiazole rings is 1. The molecular formula is C18H16N2O3S. The van der Waals surface area contributed by atoms with Crippen LogP contribution in [0.4, 0.5) is 5.13 Å². The third kappa shape index (κ3) is 2.63. The zero-order chi connectivity index (χ0) is 16.9. The first-order chi connectivity index (χ1) is 11.4. The van der Waals surface area contributed by atoms with Crippen LogP contribution < -0.4 is 5.32 Å². The predicted molar refractivity (Wildman–Crippen MR) is 92.7 cm³/mol. The van der Waals surface area contributed by atoms with Crippen LogP contribution in [0.3, 0.4) is 0 Å². The van der Waals surface area contributed by atoms with Crippen molar-refractivity contribution in [3.63, 3.8) is 0 Å². The molecule has 0 spiro atoms. The summed E-state index contributed by atoms with van der Waals surface area (Å²) in [5.74, 6) is -0.0250. The van der Waals surface area contributed by atoms with Crippen molar-refractivity contribution in [2.45, 2.75) is 26.7 Å². The molecule has 6 heteroatoms. The molecule has 2 heterocycles. The fourth-order valence-corrected chi connectivity index (χ4v) is 3.94. The highest BCUT2D eigenvalue weighted by atomic mass is 32.1. The average molecular weight is 340 g/mol. The third-order valence-corrected chi connectivity index (χ3v) is 5.16. The van der Waals surface area contributed by atoms with E-state index in [2.05, 4.69) is 24.1 Å². The van der Waals surface area contributed by atoms with Crippen LogP contribution in [0.15, 0.2) is 34.7 Å². The molecule has 0 unspecified atom stereocenters. The van der Waals surface area contributed by atoms with E-state index in [1.54, 1.807) is 6.07 Å². The first-order valence-electron chi connectivity index (χ1n) is 7.74. The number of fused-ring (bicyclic) bond motifs is 2. The van der Waals surface area contributed by atoms with Crippen molar-refractivity contribution in [3.8, 4) is 0 Å². The van der Waals surface area contributed by atoms with Crippen molar-refractivity contribution in [2.75, 3.05) is 5.32 Å². The summed E-state index contributed by atoms with van der Waals surface area (Å²) in [6.45, 7) is 4.11. The molecule has 4 rings (SSSR count). The molecule has 1 aliphatic rings. The zero-order valence-corrected chi connectivity index (χ0v) is 14.2. The number of hydrogen-bond donors (Lipinski definition) is 1. The molecule has 0 atom stereocenters. The van der Waals surface area contributed by atoms with Crippen molar-refractivity contribution < 1.29 is 14.0 Å². The van der Waals surface area contributed by atoms with Gasteiger partial charge in [-0.2, -0.15) is 0 Å². The van der Waals surface area contributed by atoms with E-state index in [1.807, 2.05) is 24.3 Å². The van der Waals surface area contributed by atoms with E-state index in [-0.39, 0.29) is 22.9 Å².